The van der Waals surface area contributed by atoms with Crippen LogP contribution >= 0.6 is 0 Å². The molecule has 2 amide bonds. The molecule has 0 N–H and O–H groups in total. The average Bonchev–Trinajstić information content (AvgIpc) is 3.16. The highest BCUT2D eigenvalue weighted by Gasteiger charge is 2.33. The molecule has 0 aromatic heterocycles. The first-order valence-electron chi connectivity index (χ1n) is 9.86. The van der Waals surface area contributed by atoms with Crippen molar-refractivity contribution >= 4 is 23.2 Å². The lowest BCUT2D eigenvalue weighted by Gasteiger charge is -2.36. The molecule has 5 nitrogen and oxygen atoms in total. The number of carbonyl (C=O) groups is 2. The molecule has 0 atom stereocenters. The Morgan fingerprint density at radius 1 is 0.857 bits per heavy atom. The minimum Gasteiger partial charge on any atom is -0.368 e. The summed E-state index contributed by atoms with van der Waals surface area (Å²) >= 11 is 0. The predicted octanol–water partition coefficient (Wildman–Crippen LogP) is 2.62. The number of hydrogen-bond acceptors (Lipinski definition) is 3. The fourth-order valence-corrected chi connectivity index (χ4v) is 4.58. The van der Waals surface area contributed by atoms with Crippen LogP contribution in [0.15, 0.2) is 36.4 Å². The van der Waals surface area contributed by atoms with E-state index in [0.29, 0.717) is 19.5 Å². The van der Waals surface area contributed by atoms with E-state index < -0.39 is 0 Å². The number of benzene rings is 2. The highest BCUT2D eigenvalue weighted by molar-refractivity contribution is 6.01. The molecular weight excluding hydrogens is 357 g/mol. The lowest BCUT2D eigenvalue weighted by atomic mass is 9.96. The maximum absolute atomic E-state index is 13.1. The third kappa shape index (κ3) is 2.84. The van der Waals surface area contributed by atoms with Crippen molar-refractivity contribution in [2.75, 3.05) is 42.5 Å². The summed E-state index contributed by atoms with van der Waals surface area (Å²) in [6.45, 7) is 3.49. The molecular formula is C22H22FN3O2. The number of anilines is 2. The van der Waals surface area contributed by atoms with Crippen molar-refractivity contribution in [1.82, 2.24) is 4.90 Å². The summed E-state index contributed by atoms with van der Waals surface area (Å²) in [6.07, 6.45) is 2.07. The van der Waals surface area contributed by atoms with E-state index in [-0.39, 0.29) is 17.6 Å². The van der Waals surface area contributed by atoms with Crippen LogP contribution in [0, 0.1) is 5.82 Å². The molecule has 0 spiro atoms. The van der Waals surface area contributed by atoms with Gasteiger partial charge < -0.3 is 14.7 Å². The largest absolute Gasteiger partial charge is 0.368 e. The molecule has 0 radical (unpaired) electrons. The molecule has 3 aliphatic heterocycles. The van der Waals surface area contributed by atoms with Crippen LogP contribution in [0.2, 0.25) is 0 Å². The van der Waals surface area contributed by atoms with Gasteiger partial charge in [-0.1, -0.05) is 0 Å². The van der Waals surface area contributed by atoms with E-state index in [4.69, 9.17) is 0 Å². The molecule has 1 saturated heterocycles. The van der Waals surface area contributed by atoms with Gasteiger partial charge in [-0.2, -0.15) is 0 Å². The van der Waals surface area contributed by atoms with Gasteiger partial charge in [0.15, 0.2) is 0 Å². The number of rotatable bonds is 2. The fourth-order valence-electron chi connectivity index (χ4n) is 4.58. The first kappa shape index (κ1) is 17.2. The molecule has 2 aromatic rings. The molecule has 1 fully saturated rings. The smallest absolute Gasteiger partial charge is 0.253 e. The number of halogens is 1. The topological polar surface area (TPSA) is 43.9 Å². The Bertz CT molecular complexity index is 949. The Balaban J connectivity index is 1.32. The maximum Gasteiger partial charge on any atom is 0.253 e. The summed E-state index contributed by atoms with van der Waals surface area (Å²) in [4.78, 5) is 31.1. The number of hydrogen-bond donors (Lipinski definition) is 0. The molecule has 6 heteroatoms. The van der Waals surface area contributed by atoms with Crippen LogP contribution in [0.1, 0.15) is 27.9 Å². The van der Waals surface area contributed by atoms with Gasteiger partial charge in [-0.3, -0.25) is 9.59 Å². The molecule has 0 bridgehead atoms. The summed E-state index contributed by atoms with van der Waals surface area (Å²) in [5, 5.41) is 0. The van der Waals surface area contributed by atoms with Crippen LogP contribution in [-0.2, 0) is 17.6 Å². The Hall–Kier alpha value is -2.89. The average molecular weight is 379 g/mol. The van der Waals surface area contributed by atoms with Crippen molar-refractivity contribution in [3.8, 4) is 0 Å². The predicted molar refractivity (Wildman–Crippen MR) is 105 cm³/mol. The first-order chi connectivity index (χ1) is 13.6. The zero-order valence-electron chi connectivity index (χ0n) is 15.7. The highest BCUT2D eigenvalue weighted by Crippen LogP contribution is 2.37. The van der Waals surface area contributed by atoms with Gasteiger partial charge in [0.05, 0.1) is 5.69 Å². The van der Waals surface area contributed by atoms with E-state index >= 15 is 0 Å². The minimum atomic E-state index is -0.238. The van der Waals surface area contributed by atoms with E-state index in [0.717, 1.165) is 60.5 Å². The Labute approximate surface area is 163 Å². The molecule has 2 aromatic carbocycles. The van der Waals surface area contributed by atoms with E-state index in [1.54, 1.807) is 12.1 Å². The highest BCUT2D eigenvalue weighted by atomic mass is 19.1. The van der Waals surface area contributed by atoms with Crippen molar-refractivity contribution in [2.45, 2.75) is 19.3 Å². The van der Waals surface area contributed by atoms with Crippen molar-refractivity contribution < 1.29 is 14.0 Å². The third-order valence-electron chi connectivity index (χ3n) is 6.06. The quantitative estimate of drug-likeness (QED) is 0.806. The van der Waals surface area contributed by atoms with Crippen LogP contribution in [-0.4, -0.2) is 49.4 Å². The summed E-state index contributed by atoms with van der Waals surface area (Å²) in [5.74, 6) is 0.0220. The van der Waals surface area contributed by atoms with E-state index in [2.05, 4.69) is 4.90 Å². The summed E-state index contributed by atoms with van der Waals surface area (Å²) in [6, 6.07) is 10.5. The van der Waals surface area contributed by atoms with E-state index in [1.807, 2.05) is 21.9 Å². The van der Waals surface area contributed by atoms with Crippen molar-refractivity contribution in [3.63, 3.8) is 0 Å². The van der Waals surface area contributed by atoms with Crippen LogP contribution in [0.3, 0.4) is 0 Å². The van der Waals surface area contributed by atoms with Crippen LogP contribution < -0.4 is 9.80 Å². The van der Waals surface area contributed by atoms with Gasteiger partial charge in [-0.05, 0) is 60.4 Å². The molecule has 3 aliphatic rings. The van der Waals surface area contributed by atoms with Crippen molar-refractivity contribution in [2.24, 2.45) is 0 Å². The lowest BCUT2D eigenvalue weighted by Crippen LogP contribution is -2.48. The van der Waals surface area contributed by atoms with Crippen LogP contribution in [0.5, 0.6) is 0 Å². The molecule has 144 valence electrons. The number of piperazine rings is 1. The normalized spacial score (nSPS) is 18.5. The summed E-state index contributed by atoms with van der Waals surface area (Å²) < 4.78 is 13.1. The van der Waals surface area contributed by atoms with Gasteiger partial charge in [-0.25, -0.2) is 4.39 Å². The van der Waals surface area contributed by atoms with Gasteiger partial charge >= 0.3 is 0 Å². The van der Waals surface area contributed by atoms with E-state index in [1.165, 1.54) is 12.1 Å². The molecule has 28 heavy (non-hydrogen) atoms. The Morgan fingerprint density at radius 2 is 1.54 bits per heavy atom. The number of nitrogens with zero attached hydrogens (tertiary/aromatic N) is 3. The van der Waals surface area contributed by atoms with E-state index in [9.17, 15) is 14.0 Å². The zero-order chi connectivity index (χ0) is 19.3. The maximum atomic E-state index is 13.1. The van der Waals surface area contributed by atoms with Gasteiger partial charge in [0.1, 0.15) is 5.82 Å². The summed E-state index contributed by atoms with van der Waals surface area (Å²) in [7, 11) is 0. The summed E-state index contributed by atoms with van der Waals surface area (Å²) in [5.41, 5.74) is 5.02. The van der Waals surface area contributed by atoms with Gasteiger partial charge in [-0.15, -0.1) is 0 Å². The molecule has 0 aliphatic carbocycles. The number of amides is 2. The third-order valence-corrected chi connectivity index (χ3v) is 6.06. The van der Waals surface area contributed by atoms with Gasteiger partial charge in [0, 0.05) is 50.4 Å². The van der Waals surface area contributed by atoms with Gasteiger partial charge in [0.25, 0.3) is 5.91 Å². The molecule has 3 heterocycles. The molecule has 0 unspecified atom stereocenters. The number of carbonyl (C=O) groups excluding carboxylic acids is 2. The first-order valence-corrected chi connectivity index (χ1v) is 9.86. The second-order valence-electron chi connectivity index (χ2n) is 7.69. The SMILES string of the molecule is O=C(c1cc2c3c(c1)CCN3C(=O)CC2)N1CCN(c2ccc(F)cc2)CC1. The molecule has 0 saturated carbocycles. The second kappa shape index (κ2) is 6.62. The number of aryl methyl sites for hydroxylation is 1. The fraction of sp³-hybridized carbons (Fsp3) is 0.364. The van der Waals surface area contributed by atoms with Crippen LogP contribution in [0.4, 0.5) is 15.8 Å². The zero-order valence-corrected chi connectivity index (χ0v) is 15.7. The minimum absolute atomic E-state index is 0.0631. The monoisotopic (exact) mass is 379 g/mol. The van der Waals surface area contributed by atoms with Crippen LogP contribution in [0.25, 0.3) is 0 Å². The second-order valence-corrected chi connectivity index (χ2v) is 7.69. The van der Waals surface area contributed by atoms with Crippen molar-refractivity contribution in [1.29, 1.82) is 0 Å². The standard InChI is InChI=1S/C22H22FN3O2/c23-18-2-4-19(5-3-18)24-9-11-25(12-10-24)22(28)17-13-15-1-6-20(27)26-8-7-16(14-17)21(15)26/h2-5,13-14H,1,6-12H2. The Kier molecular flexibility index (Phi) is 4.07. The van der Waals surface area contributed by atoms with Gasteiger partial charge in [0.2, 0.25) is 5.91 Å². The molecule has 5 rings (SSSR count). The Morgan fingerprint density at radius 3 is 2.25 bits per heavy atom. The van der Waals surface area contributed by atoms with Crippen molar-refractivity contribution in [3.05, 3.63) is 58.9 Å². The lowest BCUT2D eigenvalue weighted by molar-refractivity contribution is -0.118.